The van der Waals surface area contributed by atoms with E-state index in [0.29, 0.717) is 5.25 Å². The second kappa shape index (κ2) is 7.52. The molecule has 0 saturated carbocycles. The molecule has 1 aliphatic carbocycles. The average Bonchev–Trinajstić information content (AvgIpc) is 2.34. The van der Waals surface area contributed by atoms with E-state index in [4.69, 9.17) is 0 Å². The third kappa shape index (κ3) is 3.89. The monoisotopic (exact) mass is 259 g/mol. The average molecular weight is 260 g/mol. The molecular formula is C8H13Cl2STi. The van der Waals surface area contributed by atoms with Gasteiger partial charge in [-0.15, -0.1) is 24.8 Å². The standard InChI is InChI=1S/C8H11S.2ClH.Ti/c1-7(9-2)8-5-3-4-6-8;;;/h3,5,7H,4H2,1-2H3;2*1H;. The molecule has 0 aromatic carbocycles. The number of rotatable bonds is 2. The van der Waals surface area contributed by atoms with Crippen molar-refractivity contribution in [3.8, 4) is 0 Å². The van der Waals surface area contributed by atoms with Gasteiger partial charge < -0.3 is 0 Å². The van der Waals surface area contributed by atoms with Gasteiger partial charge in [0, 0.05) is 0 Å². The Morgan fingerprint density at radius 3 is 2.42 bits per heavy atom. The summed E-state index contributed by atoms with van der Waals surface area (Å²) in [4.78, 5) is 0. The molecule has 0 aromatic rings. The summed E-state index contributed by atoms with van der Waals surface area (Å²) in [7, 11) is 0. The predicted octanol–water partition coefficient (Wildman–Crippen LogP) is 3.34. The molecule has 4 heteroatoms. The molecule has 1 rings (SSSR count). The van der Waals surface area contributed by atoms with E-state index in [-0.39, 0.29) is 24.8 Å². The first-order valence-corrected chi connectivity index (χ1v) is 5.46. The molecule has 0 spiro atoms. The van der Waals surface area contributed by atoms with E-state index in [2.05, 4.69) is 45.8 Å². The summed E-state index contributed by atoms with van der Waals surface area (Å²) < 4.78 is 1.54. The fourth-order valence-corrected chi connectivity index (χ4v) is 2.32. The Kier molecular flexibility index (Phi) is 9.77. The number of hydrogen-bond acceptors (Lipinski definition) is 1. The maximum Gasteiger partial charge on any atom is -0.147 e. The van der Waals surface area contributed by atoms with Crippen molar-refractivity contribution < 1.29 is 20.4 Å². The summed E-state index contributed by atoms with van der Waals surface area (Å²) in [6.07, 6.45) is 7.84. The maximum absolute atomic E-state index is 2.26. The normalized spacial score (nSPS) is 16.8. The van der Waals surface area contributed by atoms with Crippen LogP contribution in [0.1, 0.15) is 13.3 Å². The van der Waals surface area contributed by atoms with Crippen molar-refractivity contribution in [1.82, 2.24) is 0 Å². The molecule has 0 fully saturated rings. The number of thioether (sulfide) groups is 1. The van der Waals surface area contributed by atoms with Crippen LogP contribution in [0.2, 0.25) is 0 Å². The molecule has 0 aliphatic heterocycles. The van der Waals surface area contributed by atoms with Gasteiger partial charge in [0.25, 0.3) is 0 Å². The molecule has 0 amide bonds. The van der Waals surface area contributed by atoms with Crippen LogP contribution in [-0.2, 0) is 20.4 Å². The van der Waals surface area contributed by atoms with Gasteiger partial charge >= 0.3 is 78.7 Å². The largest absolute Gasteiger partial charge is 0.147 e. The fourth-order valence-electron chi connectivity index (χ4n) is 1.03. The van der Waals surface area contributed by atoms with Crippen LogP contribution < -0.4 is 0 Å². The second-order valence-corrected chi connectivity index (χ2v) is 4.54. The van der Waals surface area contributed by atoms with Gasteiger partial charge in [0.05, 0.1) is 0 Å². The van der Waals surface area contributed by atoms with Crippen molar-refractivity contribution in [3.63, 3.8) is 0 Å². The third-order valence-corrected chi connectivity index (χ3v) is 3.49. The summed E-state index contributed by atoms with van der Waals surface area (Å²) in [6.45, 7) is 2.26. The third-order valence-electron chi connectivity index (χ3n) is 1.76. The summed E-state index contributed by atoms with van der Waals surface area (Å²) in [5, 5.41) is 0.679. The quantitative estimate of drug-likeness (QED) is 0.686. The zero-order valence-electron chi connectivity index (χ0n) is 7.16. The summed E-state index contributed by atoms with van der Waals surface area (Å²) in [5.74, 6) is 0. The molecule has 0 nitrogen and oxygen atoms in total. The van der Waals surface area contributed by atoms with Crippen LogP contribution in [0.15, 0.2) is 21.6 Å². The van der Waals surface area contributed by atoms with Gasteiger partial charge in [-0.05, 0) is 0 Å². The first-order chi connectivity index (χ1) is 4.75. The molecule has 0 bridgehead atoms. The van der Waals surface area contributed by atoms with Crippen LogP contribution in [0, 0.1) is 0 Å². The number of hydrogen-bond donors (Lipinski definition) is 0. The minimum atomic E-state index is 0. The number of allylic oxidation sites excluding steroid dienone is 3. The van der Waals surface area contributed by atoms with E-state index in [1.807, 2.05) is 11.8 Å². The SMILES string of the molecule is CSC(C)C1=[C]([Ti])CC=C1.Cl.Cl. The predicted molar refractivity (Wildman–Crippen MR) is 58.3 cm³/mol. The molecule has 0 radical (unpaired) electrons. The zero-order valence-corrected chi connectivity index (χ0v) is 11.2. The molecular weight excluding hydrogens is 247 g/mol. The molecule has 0 heterocycles. The second-order valence-electron chi connectivity index (χ2n) is 2.42. The van der Waals surface area contributed by atoms with Crippen molar-refractivity contribution in [2.24, 2.45) is 0 Å². The smallest absolute Gasteiger partial charge is 0.147 e. The minimum Gasteiger partial charge on any atom is -0.147 e. The van der Waals surface area contributed by atoms with Crippen molar-refractivity contribution in [1.29, 1.82) is 0 Å². The van der Waals surface area contributed by atoms with Gasteiger partial charge in [-0.3, -0.25) is 0 Å². The van der Waals surface area contributed by atoms with Crippen LogP contribution in [0.4, 0.5) is 0 Å². The van der Waals surface area contributed by atoms with Gasteiger partial charge in [-0.25, -0.2) is 0 Å². The summed E-state index contributed by atoms with van der Waals surface area (Å²) in [6, 6.07) is 0. The molecule has 0 aromatic heterocycles. The van der Waals surface area contributed by atoms with Crippen LogP contribution >= 0.6 is 36.6 Å². The van der Waals surface area contributed by atoms with E-state index >= 15 is 0 Å². The molecule has 12 heavy (non-hydrogen) atoms. The molecule has 1 unspecified atom stereocenters. The minimum absolute atomic E-state index is 0. The first kappa shape index (κ1) is 15.6. The van der Waals surface area contributed by atoms with Gasteiger partial charge in [0.2, 0.25) is 0 Å². The van der Waals surface area contributed by atoms with Crippen molar-refractivity contribution in [3.05, 3.63) is 21.6 Å². The topological polar surface area (TPSA) is 0 Å². The molecule has 69 valence electrons. The van der Waals surface area contributed by atoms with Gasteiger partial charge in [-0.2, -0.15) is 0 Å². The van der Waals surface area contributed by atoms with E-state index in [0.717, 1.165) is 0 Å². The maximum atomic E-state index is 2.26. The summed E-state index contributed by atoms with van der Waals surface area (Å²) >= 11 is 4.14. The fraction of sp³-hybridized carbons (Fsp3) is 0.500. The molecule has 0 N–H and O–H groups in total. The Bertz CT molecular complexity index is 189. The van der Waals surface area contributed by atoms with Crippen molar-refractivity contribution in [2.45, 2.75) is 18.6 Å². The Hall–Kier alpha value is 1.12. The zero-order chi connectivity index (χ0) is 7.56. The van der Waals surface area contributed by atoms with Gasteiger partial charge in [0.15, 0.2) is 0 Å². The summed E-state index contributed by atoms with van der Waals surface area (Å²) in [5.41, 5.74) is 1.53. The van der Waals surface area contributed by atoms with Gasteiger partial charge in [0.1, 0.15) is 0 Å². The van der Waals surface area contributed by atoms with Crippen LogP contribution in [0.5, 0.6) is 0 Å². The Labute approximate surface area is 103 Å². The van der Waals surface area contributed by atoms with E-state index in [1.165, 1.54) is 12.0 Å². The van der Waals surface area contributed by atoms with Crippen LogP contribution in [0.25, 0.3) is 0 Å². The Balaban J connectivity index is 0. The Morgan fingerprint density at radius 1 is 1.50 bits per heavy atom. The van der Waals surface area contributed by atoms with E-state index in [1.54, 1.807) is 3.88 Å². The van der Waals surface area contributed by atoms with Crippen molar-refractivity contribution >= 4 is 36.6 Å². The number of halogens is 2. The van der Waals surface area contributed by atoms with E-state index in [9.17, 15) is 0 Å². The van der Waals surface area contributed by atoms with Crippen LogP contribution in [0.3, 0.4) is 0 Å². The van der Waals surface area contributed by atoms with Gasteiger partial charge in [-0.1, -0.05) is 0 Å². The molecule has 1 aliphatic rings. The van der Waals surface area contributed by atoms with Crippen LogP contribution in [-0.4, -0.2) is 11.5 Å². The van der Waals surface area contributed by atoms with Crippen molar-refractivity contribution in [2.75, 3.05) is 6.26 Å². The first-order valence-electron chi connectivity index (χ1n) is 3.39. The molecule has 0 saturated heterocycles. The Morgan fingerprint density at radius 2 is 2.08 bits per heavy atom. The molecule has 1 atom stereocenters. The van der Waals surface area contributed by atoms with E-state index < -0.39 is 0 Å².